The van der Waals surface area contributed by atoms with Gasteiger partial charge in [-0.2, -0.15) is 0 Å². The summed E-state index contributed by atoms with van der Waals surface area (Å²) in [6.45, 7) is 5.77. The Morgan fingerprint density at radius 2 is 1.70 bits per heavy atom. The fourth-order valence-corrected chi connectivity index (χ4v) is 2.29. The van der Waals surface area contributed by atoms with E-state index in [0.29, 0.717) is 0 Å². The summed E-state index contributed by atoms with van der Waals surface area (Å²) >= 11 is 0. The molecular weight excluding hydrogens is 299 g/mol. The first-order valence-corrected chi connectivity index (χ1v) is 8.15. The van der Waals surface area contributed by atoms with Crippen LogP contribution in [0.25, 0.3) is 0 Å². The van der Waals surface area contributed by atoms with E-state index < -0.39 is 23.2 Å². The molecular formula is C18H25FO4. The normalized spacial score (nSPS) is 11.1. The molecule has 4 nitrogen and oxygen atoms in total. The van der Waals surface area contributed by atoms with E-state index in [0.717, 1.165) is 19.3 Å². The molecule has 0 aliphatic rings. The average molecular weight is 324 g/mol. The molecule has 0 unspecified atom stereocenters. The maximum absolute atomic E-state index is 13.6. The molecule has 1 aromatic rings. The van der Waals surface area contributed by atoms with Crippen LogP contribution in [-0.2, 0) is 14.3 Å². The predicted octanol–water partition coefficient (Wildman–Crippen LogP) is 4.27. The molecule has 0 N–H and O–H groups in total. The number of benzene rings is 1. The largest absolute Gasteiger partial charge is 0.465 e. The van der Waals surface area contributed by atoms with Crippen molar-refractivity contribution in [1.29, 1.82) is 0 Å². The van der Waals surface area contributed by atoms with Crippen LogP contribution < -0.4 is 4.74 Å². The lowest BCUT2D eigenvalue weighted by molar-refractivity contribution is -0.168. The lowest BCUT2D eigenvalue weighted by Gasteiger charge is -2.26. The Bertz CT molecular complexity index is 524. The van der Waals surface area contributed by atoms with E-state index in [1.807, 2.05) is 0 Å². The van der Waals surface area contributed by atoms with Crippen molar-refractivity contribution in [1.82, 2.24) is 0 Å². The first-order chi connectivity index (χ1) is 11.0. The van der Waals surface area contributed by atoms with Gasteiger partial charge in [0, 0.05) is 0 Å². The summed E-state index contributed by atoms with van der Waals surface area (Å²) in [6.07, 6.45) is 3.21. The van der Waals surface area contributed by atoms with Gasteiger partial charge >= 0.3 is 11.9 Å². The number of para-hydroxylation sites is 1. The van der Waals surface area contributed by atoms with Gasteiger partial charge in [0.1, 0.15) is 0 Å². The molecule has 0 amide bonds. The highest BCUT2D eigenvalue weighted by molar-refractivity contribution is 6.00. The van der Waals surface area contributed by atoms with E-state index in [9.17, 15) is 14.0 Å². The van der Waals surface area contributed by atoms with Crippen molar-refractivity contribution in [3.63, 3.8) is 0 Å². The molecule has 0 bridgehead atoms. The number of hydrogen-bond acceptors (Lipinski definition) is 4. The number of esters is 2. The van der Waals surface area contributed by atoms with Gasteiger partial charge < -0.3 is 9.47 Å². The standard InChI is InChI=1S/C18H25FO4/c1-4-7-10-13-22-16(20)18(5-2,6-3)17(21)23-15-12-9-8-11-14(15)19/h8-9,11-12H,4-7,10,13H2,1-3H3. The molecule has 0 radical (unpaired) electrons. The zero-order valence-electron chi connectivity index (χ0n) is 14.1. The fourth-order valence-electron chi connectivity index (χ4n) is 2.29. The van der Waals surface area contributed by atoms with Crippen molar-refractivity contribution in [3.05, 3.63) is 30.1 Å². The van der Waals surface area contributed by atoms with Crippen molar-refractivity contribution >= 4 is 11.9 Å². The highest BCUT2D eigenvalue weighted by Crippen LogP contribution is 2.31. The maximum Gasteiger partial charge on any atom is 0.328 e. The molecule has 0 aliphatic heterocycles. The number of halogens is 1. The van der Waals surface area contributed by atoms with E-state index in [1.54, 1.807) is 19.9 Å². The van der Waals surface area contributed by atoms with Gasteiger partial charge in [0.05, 0.1) is 6.61 Å². The number of unbranched alkanes of at least 4 members (excludes halogenated alkanes) is 2. The molecule has 128 valence electrons. The van der Waals surface area contributed by atoms with E-state index in [4.69, 9.17) is 9.47 Å². The molecule has 23 heavy (non-hydrogen) atoms. The van der Waals surface area contributed by atoms with Crippen molar-refractivity contribution in [3.8, 4) is 5.75 Å². The second-order valence-corrected chi connectivity index (χ2v) is 5.45. The Kier molecular flexibility index (Phi) is 7.72. The minimum absolute atomic E-state index is 0.178. The van der Waals surface area contributed by atoms with Gasteiger partial charge in [-0.3, -0.25) is 9.59 Å². The monoisotopic (exact) mass is 324 g/mol. The minimum atomic E-state index is -1.39. The second-order valence-electron chi connectivity index (χ2n) is 5.45. The van der Waals surface area contributed by atoms with Gasteiger partial charge in [-0.15, -0.1) is 0 Å². The maximum atomic E-state index is 13.6. The molecule has 0 heterocycles. The fraction of sp³-hybridized carbons (Fsp3) is 0.556. The summed E-state index contributed by atoms with van der Waals surface area (Å²) < 4.78 is 24.0. The van der Waals surface area contributed by atoms with Gasteiger partial charge in [-0.05, 0) is 31.4 Å². The lowest BCUT2D eigenvalue weighted by atomic mass is 9.82. The van der Waals surface area contributed by atoms with Crippen molar-refractivity contribution in [2.24, 2.45) is 5.41 Å². The summed E-state index contributed by atoms with van der Waals surface area (Å²) in [5, 5.41) is 0. The zero-order valence-corrected chi connectivity index (χ0v) is 14.1. The predicted molar refractivity (Wildman–Crippen MR) is 85.5 cm³/mol. The topological polar surface area (TPSA) is 52.6 Å². The van der Waals surface area contributed by atoms with Gasteiger partial charge in [0.2, 0.25) is 0 Å². The summed E-state index contributed by atoms with van der Waals surface area (Å²) in [5.74, 6) is -2.19. The van der Waals surface area contributed by atoms with Gasteiger partial charge in [0.25, 0.3) is 0 Å². The Hall–Kier alpha value is -1.91. The first-order valence-electron chi connectivity index (χ1n) is 8.15. The molecule has 1 rings (SSSR count). The Labute approximate surface area is 137 Å². The third kappa shape index (κ3) is 4.78. The van der Waals surface area contributed by atoms with Crippen LogP contribution in [-0.4, -0.2) is 18.5 Å². The van der Waals surface area contributed by atoms with E-state index in [1.165, 1.54) is 18.2 Å². The molecule has 0 atom stereocenters. The minimum Gasteiger partial charge on any atom is -0.465 e. The van der Waals surface area contributed by atoms with Crippen LogP contribution in [0.5, 0.6) is 5.75 Å². The van der Waals surface area contributed by atoms with Crippen LogP contribution in [0.3, 0.4) is 0 Å². The van der Waals surface area contributed by atoms with Crippen LogP contribution in [0.1, 0.15) is 52.9 Å². The third-order valence-corrected chi connectivity index (χ3v) is 4.01. The molecule has 5 heteroatoms. The van der Waals surface area contributed by atoms with Crippen molar-refractivity contribution in [2.45, 2.75) is 52.9 Å². The number of carbonyl (C=O) groups is 2. The number of carbonyl (C=O) groups excluding carboxylic acids is 2. The Morgan fingerprint density at radius 1 is 1.04 bits per heavy atom. The van der Waals surface area contributed by atoms with Gasteiger partial charge in [-0.1, -0.05) is 45.7 Å². The van der Waals surface area contributed by atoms with E-state index in [2.05, 4.69) is 6.92 Å². The molecule has 0 saturated heterocycles. The van der Waals surface area contributed by atoms with Crippen LogP contribution in [0, 0.1) is 11.2 Å². The lowest BCUT2D eigenvalue weighted by Crippen LogP contribution is -2.42. The van der Waals surface area contributed by atoms with Crippen LogP contribution in [0.2, 0.25) is 0 Å². The number of ether oxygens (including phenoxy) is 2. The van der Waals surface area contributed by atoms with Crippen LogP contribution in [0.15, 0.2) is 24.3 Å². The van der Waals surface area contributed by atoms with E-state index in [-0.39, 0.29) is 25.2 Å². The molecule has 0 saturated carbocycles. The Balaban J connectivity index is 2.84. The summed E-state index contributed by atoms with van der Waals surface area (Å²) in [7, 11) is 0. The second kappa shape index (κ2) is 9.28. The Morgan fingerprint density at radius 3 is 2.26 bits per heavy atom. The summed E-state index contributed by atoms with van der Waals surface area (Å²) in [4.78, 5) is 24.9. The van der Waals surface area contributed by atoms with Gasteiger partial charge in [-0.25, -0.2) is 4.39 Å². The first kappa shape index (κ1) is 19.1. The highest BCUT2D eigenvalue weighted by atomic mass is 19.1. The zero-order chi connectivity index (χ0) is 17.3. The molecule has 1 aromatic carbocycles. The molecule has 0 aromatic heterocycles. The van der Waals surface area contributed by atoms with Crippen LogP contribution >= 0.6 is 0 Å². The smallest absolute Gasteiger partial charge is 0.328 e. The summed E-state index contributed by atoms with van der Waals surface area (Å²) in [6, 6.07) is 5.62. The molecule has 0 spiro atoms. The van der Waals surface area contributed by atoms with Gasteiger partial charge in [0.15, 0.2) is 17.0 Å². The highest BCUT2D eigenvalue weighted by Gasteiger charge is 2.46. The van der Waals surface area contributed by atoms with E-state index >= 15 is 0 Å². The molecule has 0 aliphatic carbocycles. The quantitative estimate of drug-likeness (QED) is 0.294. The third-order valence-electron chi connectivity index (χ3n) is 4.01. The number of rotatable bonds is 9. The van der Waals surface area contributed by atoms with Crippen molar-refractivity contribution in [2.75, 3.05) is 6.61 Å². The molecule has 0 fully saturated rings. The number of hydrogen-bond donors (Lipinski definition) is 0. The SMILES string of the molecule is CCCCCOC(=O)C(CC)(CC)C(=O)Oc1ccccc1F. The van der Waals surface area contributed by atoms with Crippen LogP contribution in [0.4, 0.5) is 4.39 Å². The summed E-state index contributed by atoms with van der Waals surface area (Å²) in [5.41, 5.74) is -1.39. The van der Waals surface area contributed by atoms with Crippen molar-refractivity contribution < 1.29 is 23.5 Å². The average Bonchev–Trinajstić information content (AvgIpc) is 2.55.